The molecule has 0 N–H and O–H groups in total. The number of fused-ring (bicyclic) bond motifs is 1. The molecule has 0 saturated carbocycles. The maximum atomic E-state index is 14.1. The van der Waals surface area contributed by atoms with Crippen LogP contribution in [0, 0.1) is 5.92 Å². The molecule has 0 saturated heterocycles. The predicted molar refractivity (Wildman–Crippen MR) is 173 cm³/mol. The molecule has 4 heterocycles. The number of amides is 2. The summed E-state index contributed by atoms with van der Waals surface area (Å²) in [6, 6.07) is 8.09. The number of nitrogens with zero attached hydrogens (tertiary/aromatic N) is 2. The molecule has 2 aromatic rings. The first-order valence-corrected chi connectivity index (χ1v) is 17.7. The monoisotopic (exact) mass is 694 g/mol. The third kappa shape index (κ3) is 7.35. The minimum Gasteiger partial charge on any atom is -0.306 e. The number of hydrogen-bond acceptors (Lipinski definition) is 4. The lowest BCUT2D eigenvalue weighted by atomic mass is 10.0. The Kier molecular flexibility index (Phi) is 11.5. The number of hydrogen-bond donors (Lipinski definition) is 0. The second-order valence-electron chi connectivity index (χ2n) is 10.9. The van der Waals surface area contributed by atoms with Crippen molar-refractivity contribution in [1.29, 1.82) is 0 Å². The van der Waals surface area contributed by atoms with Gasteiger partial charge in [0, 0.05) is 13.1 Å². The van der Waals surface area contributed by atoms with Gasteiger partial charge in [0.25, 0.3) is 11.8 Å². The predicted octanol–water partition coefficient (Wildman–Crippen LogP) is 10.1. The van der Waals surface area contributed by atoms with Crippen molar-refractivity contribution in [3.8, 4) is 0 Å². The van der Waals surface area contributed by atoms with Gasteiger partial charge >= 0.3 is 0 Å². The highest BCUT2D eigenvalue weighted by atomic mass is 79.9. The number of thiophene rings is 2. The first kappa shape index (κ1) is 30.7. The van der Waals surface area contributed by atoms with Crippen LogP contribution >= 0.6 is 54.5 Å². The molecular weight excluding hydrogens is 656 g/mol. The largest absolute Gasteiger partial charge is 0.306 e. The SMILES string of the molecule is CCCCCCCCN1C(=O)C2=C(c3ccc(Br)s3)N(CCCCCCC(C)C)C(=O)C2=C1c1ccc(Br)s1. The van der Waals surface area contributed by atoms with Crippen LogP contribution in [-0.4, -0.2) is 34.7 Å². The molecule has 0 atom stereocenters. The van der Waals surface area contributed by atoms with E-state index in [1.165, 1.54) is 44.9 Å². The Bertz CT molecular complexity index is 1230. The van der Waals surface area contributed by atoms with Gasteiger partial charge in [-0.3, -0.25) is 9.59 Å². The first-order valence-electron chi connectivity index (χ1n) is 14.5. The molecule has 0 fully saturated rings. The summed E-state index contributed by atoms with van der Waals surface area (Å²) in [4.78, 5) is 34.0. The molecular formula is C31H40Br2N2O2S2. The molecule has 0 bridgehead atoms. The zero-order valence-corrected chi connectivity index (χ0v) is 28.2. The van der Waals surface area contributed by atoms with Crippen LogP contribution in [0.15, 0.2) is 43.0 Å². The van der Waals surface area contributed by atoms with E-state index in [4.69, 9.17) is 0 Å². The van der Waals surface area contributed by atoms with Crippen molar-refractivity contribution < 1.29 is 9.59 Å². The number of halogens is 2. The maximum absolute atomic E-state index is 14.1. The smallest absolute Gasteiger partial charge is 0.261 e. The molecule has 0 spiro atoms. The second kappa shape index (κ2) is 14.6. The normalized spacial score (nSPS) is 15.6. The van der Waals surface area contributed by atoms with Crippen LogP contribution in [0.3, 0.4) is 0 Å². The molecule has 39 heavy (non-hydrogen) atoms. The van der Waals surface area contributed by atoms with Gasteiger partial charge in [-0.15, -0.1) is 22.7 Å². The Hall–Kier alpha value is -1.22. The van der Waals surface area contributed by atoms with Crippen molar-refractivity contribution >= 4 is 77.7 Å². The molecule has 2 aliphatic heterocycles. The van der Waals surface area contributed by atoms with Crippen LogP contribution in [0.25, 0.3) is 11.4 Å². The molecule has 0 aliphatic carbocycles. The maximum Gasteiger partial charge on any atom is 0.261 e. The van der Waals surface area contributed by atoms with Crippen molar-refractivity contribution in [2.24, 2.45) is 5.92 Å². The second-order valence-corrected chi connectivity index (χ2v) is 15.9. The molecule has 4 rings (SSSR count). The molecule has 0 aromatic carbocycles. The lowest BCUT2D eigenvalue weighted by Crippen LogP contribution is -2.30. The van der Waals surface area contributed by atoms with E-state index in [1.54, 1.807) is 22.7 Å². The van der Waals surface area contributed by atoms with E-state index >= 15 is 0 Å². The molecule has 212 valence electrons. The topological polar surface area (TPSA) is 40.6 Å². The highest BCUT2D eigenvalue weighted by Gasteiger charge is 2.49. The van der Waals surface area contributed by atoms with Gasteiger partial charge in [0.2, 0.25) is 0 Å². The van der Waals surface area contributed by atoms with E-state index in [1.807, 2.05) is 34.1 Å². The van der Waals surface area contributed by atoms with Crippen molar-refractivity contribution in [3.63, 3.8) is 0 Å². The number of carbonyl (C=O) groups excluding carboxylic acids is 2. The fourth-order valence-electron chi connectivity index (χ4n) is 5.44. The van der Waals surface area contributed by atoms with Gasteiger partial charge in [0.15, 0.2) is 0 Å². The zero-order valence-electron chi connectivity index (χ0n) is 23.4. The molecule has 0 unspecified atom stereocenters. The standard InChI is InChI=1S/C31H40Br2N2O2S2/c1-4-5-6-7-9-12-19-34-28(22-15-17-24(32)38-22)26-27(30(34)36)29(23-16-18-25(33)39-23)35(31(26)37)20-13-10-8-11-14-21(2)3/h15-18,21H,4-14,19-20H2,1-3H3. The first-order chi connectivity index (χ1) is 18.8. The summed E-state index contributed by atoms with van der Waals surface area (Å²) in [5.74, 6) is 0.682. The van der Waals surface area contributed by atoms with E-state index in [2.05, 4.69) is 52.6 Å². The van der Waals surface area contributed by atoms with Crippen molar-refractivity contribution in [2.75, 3.05) is 13.1 Å². The van der Waals surface area contributed by atoms with Crippen molar-refractivity contribution in [2.45, 2.75) is 91.4 Å². The Balaban J connectivity index is 1.64. The lowest BCUT2D eigenvalue weighted by molar-refractivity contribution is -0.124. The van der Waals surface area contributed by atoms with E-state index in [0.717, 1.165) is 60.3 Å². The molecule has 4 nitrogen and oxygen atoms in total. The highest BCUT2D eigenvalue weighted by Crippen LogP contribution is 2.49. The van der Waals surface area contributed by atoms with Crippen LogP contribution in [0.5, 0.6) is 0 Å². The molecule has 2 aliphatic rings. The van der Waals surface area contributed by atoms with E-state index in [9.17, 15) is 9.59 Å². The fourth-order valence-corrected chi connectivity index (χ4v) is 8.34. The summed E-state index contributed by atoms with van der Waals surface area (Å²) in [6.45, 7) is 8.05. The van der Waals surface area contributed by atoms with Crippen molar-refractivity contribution in [3.05, 3.63) is 52.7 Å². The Labute approximate surface area is 258 Å². The van der Waals surface area contributed by atoms with E-state index < -0.39 is 0 Å². The van der Waals surface area contributed by atoms with Gasteiger partial charge in [0.05, 0.1) is 39.9 Å². The van der Waals surface area contributed by atoms with Gasteiger partial charge in [-0.2, -0.15) is 0 Å². The third-order valence-corrected chi connectivity index (χ3v) is 10.7. The van der Waals surface area contributed by atoms with Crippen LogP contribution in [-0.2, 0) is 9.59 Å². The number of rotatable bonds is 16. The molecule has 2 aromatic heterocycles. The lowest BCUT2D eigenvalue weighted by Gasteiger charge is -2.24. The zero-order chi connectivity index (χ0) is 27.9. The minimum atomic E-state index is -0.0231. The average molecular weight is 697 g/mol. The van der Waals surface area contributed by atoms with E-state index in [-0.39, 0.29) is 11.8 Å². The Morgan fingerprint density at radius 1 is 0.667 bits per heavy atom. The highest BCUT2D eigenvalue weighted by molar-refractivity contribution is 9.11. The number of unbranched alkanes of at least 4 members (excludes halogenated alkanes) is 8. The minimum absolute atomic E-state index is 0.0228. The summed E-state index contributed by atoms with van der Waals surface area (Å²) in [6.07, 6.45) is 12.6. The third-order valence-electron chi connectivity index (χ3n) is 7.44. The van der Waals surface area contributed by atoms with E-state index in [0.29, 0.717) is 24.2 Å². The van der Waals surface area contributed by atoms with Crippen LogP contribution in [0.1, 0.15) is 101 Å². The molecule has 8 heteroatoms. The number of carbonyl (C=O) groups is 2. The van der Waals surface area contributed by atoms with Crippen LogP contribution in [0.4, 0.5) is 0 Å². The summed E-state index contributed by atoms with van der Waals surface area (Å²) >= 11 is 10.4. The van der Waals surface area contributed by atoms with Crippen LogP contribution < -0.4 is 0 Å². The molecule has 0 radical (unpaired) electrons. The Morgan fingerprint density at radius 2 is 1.10 bits per heavy atom. The average Bonchev–Trinajstić information content (AvgIpc) is 3.65. The molecule has 2 amide bonds. The summed E-state index contributed by atoms with van der Waals surface area (Å²) in [7, 11) is 0. The van der Waals surface area contributed by atoms with Gasteiger partial charge in [-0.05, 0) is 74.9 Å². The van der Waals surface area contributed by atoms with Gasteiger partial charge in [-0.25, -0.2) is 0 Å². The van der Waals surface area contributed by atoms with Gasteiger partial charge < -0.3 is 9.80 Å². The summed E-state index contributed by atoms with van der Waals surface area (Å²) in [5.41, 5.74) is 2.80. The van der Waals surface area contributed by atoms with Gasteiger partial charge in [-0.1, -0.05) is 78.6 Å². The quantitative estimate of drug-likeness (QED) is 0.164. The van der Waals surface area contributed by atoms with Gasteiger partial charge in [0.1, 0.15) is 0 Å². The van der Waals surface area contributed by atoms with Crippen LogP contribution in [0.2, 0.25) is 0 Å². The summed E-state index contributed by atoms with van der Waals surface area (Å²) < 4.78 is 2.00. The van der Waals surface area contributed by atoms with Crippen molar-refractivity contribution in [1.82, 2.24) is 9.80 Å². The fraction of sp³-hybridized carbons (Fsp3) is 0.548. The Morgan fingerprint density at radius 3 is 1.51 bits per heavy atom. The summed E-state index contributed by atoms with van der Waals surface area (Å²) in [5, 5.41) is 0.